The van der Waals surface area contributed by atoms with E-state index in [4.69, 9.17) is 4.74 Å². The van der Waals surface area contributed by atoms with Crippen LogP contribution in [0.15, 0.2) is 0 Å². The Morgan fingerprint density at radius 3 is 2.75 bits per heavy atom. The van der Waals surface area contributed by atoms with Crippen LogP contribution in [0, 0.1) is 5.92 Å². The largest absolute Gasteiger partial charge is 0.383 e. The summed E-state index contributed by atoms with van der Waals surface area (Å²) >= 11 is 0. The van der Waals surface area contributed by atoms with E-state index in [9.17, 15) is 8.78 Å². The average Bonchev–Trinajstić information content (AvgIpc) is 2.36. The minimum Gasteiger partial charge on any atom is -0.383 e. The van der Waals surface area contributed by atoms with Crippen molar-refractivity contribution in [2.24, 2.45) is 5.92 Å². The monoisotopic (exact) mass is 290 g/mol. The molecule has 0 bridgehead atoms. The summed E-state index contributed by atoms with van der Waals surface area (Å²) in [4.78, 5) is 4.80. The van der Waals surface area contributed by atoms with Crippen molar-refractivity contribution in [2.75, 3.05) is 46.4 Å². The molecule has 3 nitrogen and oxygen atoms in total. The van der Waals surface area contributed by atoms with E-state index < -0.39 is 5.92 Å². The minimum atomic E-state index is -2.42. The van der Waals surface area contributed by atoms with E-state index in [2.05, 4.69) is 16.7 Å². The van der Waals surface area contributed by atoms with Gasteiger partial charge in [-0.1, -0.05) is 0 Å². The van der Waals surface area contributed by atoms with Gasteiger partial charge >= 0.3 is 0 Å². The lowest BCUT2D eigenvalue weighted by molar-refractivity contribution is -0.0599. The van der Waals surface area contributed by atoms with Gasteiger partial charge in [-0.15, -0.1) is 0 Å². The van der Waals surface area contributed by atoms with Gasteiger partial charge in [0.15, 0.2) is 0 Å². The Hall–Kier alpha value is -0.260. The second-order valence-corrected chi connectivity index (χ2v) is 6.46. The van der Waals surface area contributed by atoms with E-state index in [0.717, 1.165) is 45.8 Å². The van der Waals surface area contributed by atoms with Crippen LogP contribution in [0.1, 0.15) is 32.6 Å². The molecule has 5 heteroatoms. The predicted molar refractivity (Wildman–Crippen MR) is 76.3 cm³/mol. The Morgan fingerprint density at radius 2 is 2.10 bits per heavy atom. The first-order valence-corrected chi connectivity index (χ1v) is 7.83. The van der Waals surface area contributed by atoms with Crippen LogP contribution in [-0.2, 0) is 4.74 Å². The number of halogens is 2. The van der Waals surface area contributed by atoms with Crippen molar-refractivity contribution in [2.45, 2.75) is 44.6 Å². The summed E-state index contributed by atoms with van der Waals surface area (Å²) in [7, 11) is 1.73. The quantitative estimate of drug-likeness (QED) is 0.773. The fourth-order valence-corrected chi connectivity index (χ4v) is 3.57. The normalized spacial score (nSPS) is 32.4. The number of ether oxygens (including phenoxy) is 1. The van der Waals surface area contributed by atoms with Crippen molar-refractivity contribution in [3.8, 4) is 0 Å². The predicted octanol–water partition coefficient (Wildman–Crippen LogP) is 2.46. The van der Waals surface area contributed by atoms with Gasteiger partial charge in [-0.05, 0) is 25.7 Å². The fourth-order valence-electron chi connectivity index (χ4n) is 3.57. The van der Waals surface area contributed by atoms with Crippen LogP contribution in [0.25, 0.3) is 0 Å². The van der Waals surface area contributed by atoms with Crippen molar-refractivity contribution >= 4 is 0 Å². The van der Waals surface area contributed by atoms with Crippen LogP contribution in [-0.4, -0.2) is 68.2 Å². The standard InChI is InChI=1S/C15H28F2N2O/c1-13-11-18(6-7-19(13)8-9-20-2)12-14-4-3-5-15(16,17)10-14/h13-14H,3-12H2,1-2H3. The molecule has 2 unspecified atom stereocenters. The topological polar surface area (TPSA) is 15.7 Å². The Morgan fingerprint density at radius 1 is 1.30 bits per heavy atom. The lowest BCUT2D eigenvalue weighted by Gasteiger charge is -2.42. The number of piperazine rings is 1. The number of alkyl halides is 2. The molecule has 0 amide bonds. The number of hydrogen-bond acceptors (Lipinski definition) is 3. The first-order chi connectivity index (χ1) is 9.50. The van der Waals surface area contributed by atoms with E-state index in [1.807, 2.05) is 0 Å². The third kappa shape index (κ3) is 4.64. The van der Waals surface area contributed by atoms with Gasteiger partial charge in [0, 0.05) is 58.7 Å². The third-order valence-electron chi connectivity index (χ3n) is 4.69. The Labute approximate surface area is 121 Å². The Bertz CT molecular complexity index is 302. The molecule has 1 heterocycles. The van der Waals surface area contributed by atoms with Crippen molar-refractivity contribution < 1.29 is 13.5 Å². The molecule has 1 aliphatic heterocycles. The molecule has 2 rings (SSSR count). The Balaban J connectivity index is 1.75. The molecule has 0 N–H and O–H groups in total. The van der Waals surface area contributed by atoms with Gasteiger partial charge in [-0.3, -0.25) is 4.90 Å². The molecule has 1 aliphatic carbocycles. The maximum absolute atomic E-state index is 13.4. The Kier molecular flexibility index (Phi) is 5.75. The molecule has 2 fully saturated rings. The van der Waals surface area contributed by atoms with Gasteiger partial charge in [0.05, 0.1) is 6.61 Å². The summed E-state index contributed by atoms with van der Waals surface area (Å²) in [6, 6.07) is 0.489. The fraction of sp³-hybridized carbons (Fsp3) is 1.00. The molecule has 0 aromatic heterocycles. The van der Waals surface area contributed by atoms with E-state index in [1.54, 1.807) is 7.11 Å². The van der Waals surface area contributed by atoms with Crippen LogP contribution in [0.3, 0.4) is 0 Å². The summed E-state index contributed by atoms with van der Waals surface area (Å²) < 4.78 is 32.0. The van der Waals surface area contributed by atoms with Gasteiger partial charge in [-0.25, -0.2) is 8.78 Å². The highest BCUT2D eigenvalue weighted by atomic mass is 19.3. The van der Waals surface area contributed by atoms with E-state index in [1.165, 1.54) is 0 Å². The first-order valence-electron chi connectivity index (χ1n) is 7.83. The highest BCUT2D eigenvalue weighted by Crippen LogP contribution is 2.37. The van der Waals surface area contributed by atoms with Crippen LogP contribution in [0.5, 0.6) is 0 Å². The highest BCUT2D eigenvalue weighted by Gasteiger charge is 2.37. The van der Waals surface area contributed by atoms with E-state index in [-0.39, 0.29) is 18.8 Å². The summed E-state index contributed by atoms with van der Waals surface area (Å²) in [5.41, 5.74) is 0. The van der Waals surface area contributed by atoms with Crippen LogP contribution in [0.4, 0.5) is 8.78 Å². The maximum atomic E-state index is 13.4. The van der Waals surface area contributed by atoms with E-state index >= 15 is 0 Å². The number of rotatable bonds is 5. The van der Waals surface area contributed by atoms with Crippen molar-refractivity contribution in [3.63, 3.8) is 0 Å². The highest BCUT2D eigenvalue weighted by molar-refractivity contribution is 4.84. The molecule has 0 spiro atoms. The average molecular weight is 290 g/mol. The minimum absolute atomic E-state index is 0.0880. The first kappa shape index (κ1) is 16.1. The summed E-state index contributed by atoms with van der Waals surface area (Å²) in [5, 5.41) is 0. The van der Waals surface area contributed by atoms with Crippen LogP contribution < -0.4 is 0 Å². The number of nitrogens with zero attached hydrogens (tertiary/aromatic N) is 2. The molecule has 0 radical (unpaired) electrons. The SMILES string of the molecule is COCCN1CCN(CC2CCCC(F)(F)C2)CC1C. The third-order valence-corrected chi connectivity index (χ3v) is 4.69. The van der Waals surface area contributed by atoms with Crippen LogP contribution >= 0.6 is 0 Å². The van der Waals surface area contributed by atoms with Gasteiger partial charge in [-0.2, -0.15) is 0 Å². The molecular formula is C15H28F2N2O. The van der Waals surface area contributed by atoms with Crippen LogP contribution in [0.2, 0.25) is 0 Å². The molecule has 1 saturated heterocycles. The maximum Gasteiger partial charge on any atom is 0.248 e. The molecular weight excluding hydrogens is 262 g/mol. The van der Waals surface area contributed by atoms with Gasteiger partial charge in [0.2, 0.25) is 5.92 Å². The zero-order chi connectivity index (χ0) is 14.6. The second kappa shape index (κ2) is 7.14. The zero-order valence-corrected chi connectivity index (χ0v) is 12.8. The molecule has 20 heavy (non-hydrogen) atoms. The smallest absolute Gasteiger partial charge is 0.248 e. The lowest BCUT2D eigenvalue weighted by Crippen LogP contribution is -2.53. The van der Waals surface area contributed by atoms with E-state index in [0.29, 0.717) is 12.5 Å². The van der Waals surface area contributed by atoms with Gasteiger partial charge < -0.3 is 9.64 Å². The summed E-state index contributed by atoms with van der Waals surface area (Å²) in [5.74, 6) is -2.24. The number of methoxy groups -OCH3 is 1. The molecule has 0 aromatic rings. The molecule has 2 atom stereocenters. The number of hydrogen-bond donors (Lipinski definition) is 0. The molecule has 0 aromatic carbocycles. The summed E-state index contributed by atoms with van der Waals surface area (Å²) in [6.07, 6.45) is 1.82. The van der Waals surface area contributed by atoms with Crippen molar-refractivity contribution in [3.05, 3.63) is 0 Å². The molecule has 2 aliphatic rings. The van der Waals surface area contributed by atoms with Gasteiger partial charge in [0.1, 0.15) is 0 Å². The summed E-state index contributed by atoms with van der Waals surface area (Å²) in [6.45, 7) is 7.80. The van der Waals surface area contributed by atoms with Crippen molar-refractivity contribution in [1.29, 1.82) is 0 Å². The molecule has 1 saturated carbocycles. The lowest BCUT2D eigenvalue weighted by atomic mass is 9.86. The molecule has 118 valence electrons. The second-order valence-electron chi connectivity index (χ2n) is 6.46. The zero-order valence-electron chi connectivity index (χ0n) is 12.8. The van der Waals surface area contributed by atoms with Crippen molar-refractivity contribution in [1.82, 2.24) is 9.80 Å². The van der Waals surface area contributed by atoms with Gasteiger partial charge in [0.25, 0.3) is 0 Å².